The standard InChI is InChI=1S/C25H20BrN5OS/c1-14-4-6-17(7-5-14)24-29-31-22(27)21(23(32)28-25(31)33-24)13-18-12-15(2)30(16(18)3)20-10-8-19(26)9-11-20/h4-13,27H,1-3H3/b21-13+,27-22?. The van der Waals surface area contributed by atoms with E-state index >= 15 is 0 Å². The van der Waals surface area contributed by atoms with E-state index in [2.05, 4.69) is 30.6 Å². The topological polar surface area (TPSA) is 73.8 Å². The number of nitrogens with one attached hydrogen (secondary N) is 1. The number of amidine groups is 2. The van der Waals surface area contributed by atoms with Gasteiger partial charge in [0, 0.05) is 27.1 Å². The fourth-order valence-electron chi connectivity index (χ4n) is 3.88. The number of carbonyl (C=O) groups is 1. The molecule has 0 bridgehead atoms. The van der Waals surface area contributed by atoms with Crippen molar-refractivity contribution in [2.24, 2.45) is 10.1 Å². The van der Waals surface area contributed by atoms with E-state index in [1.807, 2.05) is 75.4 Å². The summed E-state index contributed by atoms with van der Waals surface area (Å²) in [6.45, 7) is 6.06. The van der Waals surface area contributed by atoms with Crippen LogP contribution in [0.3, 0.4) is 0 Å². The molecule has 1 amide bonds. The summed E-state index contributed by atoms with van der Waals surface area (Å²) in [5.41, 5.74) is 6.25. The lowest BCUT2D eigenvalue weighted by molar-refractivity contribution is -0.114. The smallest absolute Gasteiger partial charge is 0.283 e. The van der Waals surface area contributed by atoms with Crippen molar-refractivity contribution in [1.29, 1.82) is 5.41 Å². The van der Waals surface area contributed by atoms with Gasteiger partial charge in [-0.2, -0.15) is 15.1 Å². The number of hydrogen-bond acceptors (Lipinski definition) is 4. The molecule has 0 saturated heterocycles. The highest BCUT2D eigenvalue weighted by Gasteiger charge is 2.36. The first-order valence-electron chi connectivity index (χ1n) is 10.3. The number of nitrogens with zero attached hydrogens (tertiary/aromatic N) is 4. The molecule has 1 aromatic heterocycles. The number of carbonyl (C=O) groups excluding carboxylic acids is 1. The van der Waals surface area contributed by atoms with Crippen molar-refractivity contribution < 1.29 is 4.79 Å². The van der Waals surface area contributed by atoms with Crippen LogP contribution in [-0.4, -0.2) is 31.5 Å². The van der Waals surface area contributed by atoms with Gasteiger partial charge in [0.05, 0.1) is 5.57 Å². The second-order valence-electron chi connectivity index (χ2n) is 7.93. The molecule has 2 aliphatic heterocycles. The minimum atomic E-state index is -0.424. The van der Waals surface area contributed by atoms with E-state index in [0.717, 1.165) is 43.3 Å². The number of rotatable bonds is 3. The summed E-state index contributed by atoms with van der Waals surface area (Å²) in [6, 6.07) is 18.1. The van der Waals surface area contributed by atoms with Crippen molar-refractivity contribution in [2.45, 2.75) is 20.8 Å². The Bertz CT molecular complexity index is 1400. The molecule has 5 rings (SSSR count). The number of aromatic nitrogens is 1. The van der Waals surface area contributed by atoms with Crippen LogP contribution in [0.5, 0.6) is 0 Å². The maximum Gasteiger partial charge on any atom is 0.283 e. The summed E-state index contributed by atoms with van der Waals surface area (Å²) in [6.07, 6.45) is 1.74. The van der Waals surface area contributed by atoms with E-state index in [-0.39, 0.29) is 11.4 Å². The summed E-state index contributed by atoms with van der Waals surface area (Å²) in [4.78, 5) is 17.1. The Hall–Kier alpha value is -3.23. The quantitative estimate of drug-likeness (QED) is 0.444. The van der Waals surface area contributed by atoms with Gasteiger partial charge in [0.2, 0.25) is 5.17 Å². The number of hydrazone groups is 1. The van der Waals surface area contributed by atoms with E-state index in [4.69, 9.17) is 5.41 Å². The molecule has 0 unspecified atom stereocenters. The van der Waals surface area contributed by atoms with E-state index in [0.29, 0.717) is 5.17 Å². The minimum Gasteiger partial charge on any atom is -0.318 e. The van der Waals surface area contributed by atoms with Crippen LogP contribution in [0.1, 0.15) is 28.1 Å². The molecule has 3 aromatic rings. The Morgan fingerprint density at radius 1 is 1.03 bits per heavy atom. The van der Waals surface area contributed by atoms with Crippen LogP contribution in [-0.2, 0) is 4.79 Å². The van der Waals surface area contributed by atoms with Gasteiger partial charge in [-0.1, -0.05) is 45.8 Å². The highest BCUT2D eigenvalue weighted by atomic mass is 79.9. The molecule has 0 spiro atoms. The third-order valence-corrected chi connectivity index (χ3v) is 7.09. The van der Waals surface area contributed by atoms with E-state index in [1.165, 1.54) is 16.8 Å². The second-order valence-corrected chi connectivity index (χ2v) is 9.80. The van der Waals surface area contributed by atoms with Gasteiger partial charge in [-0.25, -0.2) is 0 Å². The highest BCUT2D eigenvalue weighted by molar-refractivity contribution is 9.10. The van der Waals surface area contributed by atoms with Crippen LogP contribution >= 0.6 is 27.7 Å². The lowest BCUT2D eigenvalue weighted by Gasteiger charge is -2.20. The lowest BCUT2D eigenvalue weighted by atomic mass is 10.1. The molecular formula is C25H20BrN5OS. The van der Waals surface area contributed by atoms with Gasteiger partial charge in [0.25, 0.3) is 5.91 Å². The summed E-state index contributed by atoms with van der Waals surface area (Å²) >= 11 is 4.78. The number of aliphatic imine (C=N–C) groups is 1. The molecule has 0 atom stereocenters. The molecule has 0 aliphatic carbocycles. The number of thioether (sulfide) groups is 1. The van der Waals surface area contributed by atoms with Crippen molar-refractivity contribution in [1.82, 2.24) is 9.58 Å². The maximum atomic E-state index is 12.9. The molecule has 0 radical (unpaired) electrons. The number of hydrogen-bond donors (Lipinski definition) is 1. The molecular weight excluding hydrogens is 498 g/mol. The van der Waals surface area contributed by atoms with E-state index < -0.39 is 5.91 Å². The van der Waals surface area contributed by atoms with Crippen molar-refractivity contribution in [3.05, 3.63) is 92.7 Å². The summed E-state index contributed by atoms with van der Waals surface area (Å²) < 4.78 is 3.14. The van der Waals surface area contributed by atoms with E-state index in [9.17, 15) is 4.79 Å². The fraction of sp³-hybridized carbons (Fsp3) is 0.120. The molecule has 164 valence electrons. The van der Waals surface area contributed by atoms with Crippen molar-refractivity contribution in [3.8, 4) is 5.69 Å². The number of halogens is 1. The first-order chi connectivity index (χ1) is 15.8. The molecule has 2 aliphatic rings. The highest BCUT2D eigenvalue weighted by Crippen LogP contribution is 2.32. The molecule has 3 heterocycles. The predicted octanol–water partition coefficient (Wildman–Crippen LogP) is 5.83. The van der Waals surface area contributed by atoms with Crippen molar-refractivity contribution in [2.75, 3.05) is 0 Å². The van der Waals surface area contributed by atoms with Crippen LogP contribution in [0.4, 0.5) is 0 Å². The van der Waals surface area contributed by atoms with Crippen LogP contribution in [0, 0.1) is 26.2 Å². The Morgan fingerprint density at radius 3 is 2.42 bits per heavy atom. The van der Waals surface area contributed by atoms with E-state index in [1.54, 1.807) is 6.08 Å². The molecule has 0 saturated carbocycles. The Kier molecular flexibility index (Phi) is 5.42. The van der Waals surface area contributed by atoms with Crippen molar-refractivity contribution >= 4 is 55.7 Å². The van der Waals surface area contributed by atoms with Gasteiger partial charge in [0.1, 0.15) is 5.04 Å². The van der Waals surface area contributed by atoms with Gasteiger partial charge >= 0.3 is 0 Å². The zero-order chi connectivity index (χ0) is 23.3. The van der Waals surface area contributed by atoms with Gasteiger partial charge < -0.3 is 4.57 Å². The minimum absolute atomic E-state index is 0.0352. The summed E-state index contributed by atoms with van der Waals surface area (Å²) in [5.74, 6) is -0.388. The van der Waals surface area contributed by atoms with Crippen molar-refractivity contribution in [3.63, 3.8) is 0 Å². The third kappa shape index (κ3) is 3.89. The number of amides is 1. The Morgan fingerprint density at radius 2 is 1.73 bits per heavy atom. The largest absolute Gasteiger partial charge is 0.318 e. The summed E-state index contributed by atoms with van der Waals surface area (Å²) in [5, 5.41) is 15.8. The fourth-order valence-corrected chi connectivity index (χ4v) is 5.04. The van der Waals surface area contributed by atoms with Gasteiger partial charge in [-0.15, -0.1) is 0 Å². The number of aryl methyl sites for hydroxylation is 2. The molecule has 2 aromatic carbocycles. The normalized spacial score (nSPS) is 16.8. The number of benzene rings is 2. The van der Waals surface area contributed by atoms with Crippen LogP contribution in [0.2, 0.25) is 0 Å². The summed E-state index contributed by atoms with van der Waals surface area (Å²) in [7, 11) is 0. The number of fused-ring (bicyclic) bond motifs is 1. The SMILES string of the molecule is Cc1ccc(C2=NN3C(=N)/C(=C\c4cc(C)n(-c5ccc(Br)cc5)c4C)C(=O)N=C3S2)cc1. The van der Waals surface area contributed by atoms with Crippen LogP contribution in [0.15, 0.2) is 74.7 Å². The zero-order valence-electron chi connectivity index (χ0n) is 18.3. The second kappa shape index (κ2) is 8.28. The van der Waals surface area contributed by atoms with Gasteiger partial charge in [-0.05, 0) is 74.5 Å². The molecule has 1 N–H and O–H groups in total. The predicted molar refractivity (Wildman–Crippen MR) is 138 cm³/mol. The van der Waals surface area contributed by atoms with Gasteiger partial charge in [0.15, 0.2) is 5.84 Å². The Labute approximate surface area is 204 Å². The van der Waals surface area contributed by atoms with Crippen LogP contribution < -0.4 is 0 Å². The molecule has 8 heteroatoms. The molecule has 0 fully saturated rings. The maximum absolute atomic E-state index is 12.9. The van der Waals surface area contributed by atoms with Crippen LogP contribution in [0.25, 0.3) is 11.8 Å². The monoisotopic (exact) mass is 517 g/mol. The average Bonchev–Trinajstić information content (AvgIpc) is 3.33. The van der Waals surface area contributed by atoms with Gasteiger partial charge in [-0.3, -0.25) is 10.2 Å². The molecule has 33 heavy (non-hydrogen) atoms. The average molecular weight is 518 g/mol. The first kappa shape index (κ1) is 21.6. The molecule has 6 nitrogen and oxygen atoms in total. The lowest BCUT2D eigenvalue weighted by Crippen LogP contribution is -2.35. The zero-order valence-corrected chi connectivity index (χ0v) is 20.7. The third-order valence-electron chi connectivity index (χ3n) is 5.61. The first-order valence-corrected chi connectivity index (χ1v) is 11.9. The Balaban J connectivity index is 1.50.